The number of nitrogens with one attached hydrogen (secondary N) is 1. The maximum atomic E-state index is 15.3. The molecule has 0 atom stereocenters. The van der Waals surface area contributed by atoms with Crippen LogP contribution in [0.5, 0.6) is 6.01 Å². The quantitative estimate of drug-likeness (QED) is 0.303. The number of aromatic amines is 1. The number of aromatic carboxylic acids is 1. The van der Waals surface area contributed by atoms with Gasteiger partial charge in [0.25, 0.3) is 6.01 Å². The third-order valence-corrected chi connectivity index (χ3v) is 5.50. The normalized spacial score (nSPS) is 11.7. The van der Waals surface area contributed by atoms with Crippen molar-refractivity contribution in [2.24, 2.45) is 0 Å². The van der Waals surface area contributed by atoms with E-state index in [0.717, 1.165) is 0 Å². The molecule has 2 heterocycles. The molecule has 0 saturated heterocycles. The highest BCUT2D eigenvalue weighted by Crippen LogP contribution is 2.33. The summed E-state index contributed by atoms with van der Waals surface area (Å²) in [5, 5.41) is 23.4. The summed E-state index contributed by atoms with van der Waals surface area (Å²) in [6.45, 7) is -1.82. The van der Waals surface area contributed by atoms with E-state index in [1.807, 2.05) is 0 Å². The Morgan fingerprint density at radius 1 is 1.03 bits per heavy atom. The molecule has 188 valence electrons. The molecular formula is C24H16F4N6O3. The summed E-state index contributed by atoms with van der Waals surface area (Å²) >= 11 is 0. The summed E-state index contributed by atoms with van der Waals surface area (Å²) in [5.41, 5.74) is 1.62. The first-order valence-corrected chi connectivity index (χ1v) is 10.7. The van der Waals surface area contributed by atoms with Crippen molar-refractivity contribution in [2.45, 2.75) is 12.7 Å². The van der Waals surface area contributed by atoms with Crippen LogP contribution >= 0.6 is 0 Å². The molecule has 13 heteroatoms. The Morgan fingerprint density at radius 3 is 2.49 bits per heavy atom. The molecule has 0 aliphatic carbocycles. The Labute approximate surface area is 205 Å². The van der Waals surface area contributed by atoms with Crippen LogP contribution in [0.15, 0.2) is 60.7 Å². The molecule has 37 heavy (non-hydrogen) atoms. The van der Waals surface area contributed by atoms with Gasteiger partial charge in [-0.3, -0.25) is 4.57 Å². The molecule has 5 rings (SSSR count). The van der Waals surface area contributed by atoms with Gasteiger partial charge >= 0.3 is 12.1 Å². The average Bonchev–Trinajstić information content (AvgIpc) is 3.51. The number of nitrogens with zero attached hydrogens (tertiary/aromatic N) is 5. The second kappa shape index (κ2) is 9.33. The maximum absolute atomic E-state index is 15.3. The van der Waals surface area contributed by atoms with Gasteiger partial charge in [0.1, 0.15) is 5.82 Å². The number of carboxylic acids is 1. The number of para-hydroxylation sites is 1. The van der Waals surface area contributed by atoms with E-state index in [0.29, 0.717) is 16.7 Å². The number of H-pyrrole nitrogens is 1. The van der Waals surface area contributed by atoms with Gasteiger partial charge in [-0.25, -0.2) is 9.18 Å². The molecule has 9 nitrogen and oxygen atoms in total. The van der Waals surface area contributed by atoms with Crippen molar-refractivity contribution in [3.63, 3.8) is 0 Å². The molecule has 0 fully saturated rings. The zero-order chi connectivity index (χ0) is 26.2. The maximum Gasteiger partial charge on any atom is 0.422 e. The number of rotatable bonds is 7. The Bertz CT molecular complexity index is 1600. The molecule has 0 radical (unpaired) electrons. The van der Waals surface area contributed by atoms with Crippen LogP contribution in [0.2, 0.25) is 0 Å². The van der Waals surface area contributed by atoms with E-state index >= 15 is 4.39 Å². The highest BCUT2D eigenvalue weighted by atomic mass is 19.4. The topological polar surface area (TPSA) is 119 Å². The van der Waals surface area contributed by atoms with Crippen molar-refractivity contribution in [3.05, 3.63) is 77.6 Å². The van der Waals surface area contributed by atoms with E-state index in [1.54, 1.807) is 30.3 Å². The van der Waals surface area contributed by atoms with Crippen LogP contribution in [-0.2, 0) is 6.54 Å². The lowest BCUT2D eigenvalue weighted by Gasteiger charge is -2.14. The summed E-state index contributed by atoms with van der Waals surface area (Å²) in [7, 11) is 0. The van der Waals surface area contributed by atoms with Crippen molar-refractivity contribution in [1.82, 2.24) is 30.2 Å². The van der Waals surface area contributed by atoms with E-state index in [9.17, 15) is 23.1 Å². The van der Waals surface area contributed by atoms with Crippen LogP contribution < -0.4 is 4.74 Å². The van der Waals surface area contributed by atoms with Gasteiger partial charge in [0.05, 0.1) is 23.1 Å². The number of ether oxygens (including phenoxy) is 1. The van der Waals surface area contributed by atoms with Crippen LogP contribution in [0.1, 0.15) is 15.9 Å². The van der Waals surface area contributed by atoms with E-state index < -0.39 is 30.6 Å². The summed E-state index contributed by atoms with van der Waals surface area (Å²) < 4.78 is 59.9. The monoisotopic (exact) mass is 512 g/mol. The fourth-order valence-electron chi connectivity index (χ4n) is 3.99. The number of aromatic nitrogens is 6. The average molecular weight is 512 g/mol. The van der Waals surface area contributed by atoms with Gasteiger partial charge in [0, 0.05) is 11.1 Å². The Morgan fingerprint density at radius 2 is 1.81 bits per heavy atom. The molecule has 0 spiro atoms. The zero-order valence-electron chi connectivity index (χ0n) is 18.7. The van der Waals surface area contributed by atoms with Crippen molar-refractivity contribution in [3.8, 4) is 28.5 Å². The third kappa shape index (κ3) is 4.83. The van der Waals surface area contributed by atoms with Crippen LogP contribution in [0.4, 0.5) is 17.6 Å². The Kier molecular flexibility index (Phi) is 6.03. The van der Waals surface area contributed by atoms with Crippen molar-refractivity contribution < 1.29 is 32.2 Å². The molecule has 2 aromatic heterocycles. The molecule has 0 unspecified atom stereocenters. The second-order valence-corrected chi connectivity index (χ2v) is 7.96. The minimum atomic E-state index is -4.64. The molecule has 0 aliphatic rings. The Hall–Kier alpha value is -4.81. The number of halogens is 4. The van der Waals surface area contributed by atoms with Crippen LogP contribution in [0, 0.1) is 5.82 Å². The highest BCUT2D eigenvalue weighted by molar-refractivity contribution is 6.01. The fraction of sp³-hybridized carbons (Fsp3) is 0.125. The van der Waals surface area contributed by atoms with Gasteiger partial charge in [0.15, 0.2) is 6.61 Å². The number of alkyl halides is 3. The third-order valence-electron chi connectivity index (χ3n) is 5.50. The standard InChI is InChI=1S/C24H16F4N6O3/c25-18-10-13(8-9-15(18)14-4-1-2-5-16(14)21-30-32-33-31-21)11-34-20-17(22(35)36)6-3-7-19(20)29-23(34)37-12-24(26,27)28/h1-10H,11-12H2,(H,35,36)(H,30,31,32,33). The fourth-order valence-corrected chi connectivity index (χ4v) is 3.99. The smallest absolute Gasteiger partial charge is 0.422 e. The first-order chi connectivity index (χ1) is 17.7. The first-order valence-electron chi connectivity index (χ1n) is 10.7. The van der Waals surface area contributed by atoms with Crippen molar-refractivity contribution in [2.75, 3.05) is 6.61 Å². The second-order valence-electron chi connectivity index (χ2n) is 7.96. The minimum Gasteiger partial charge on any atom is -0.478 e. The molecule has 2 N–H and O–H groups in total. The number of tetrazole rings is 1. The summed E-state index contributed by atoms with van der Waals surface area (Å²) in [5.74, 6) is -1.64. The highest BCUT2D eigenvalue weighted by Gasteiger charge is 2.30. The van der Waals surface area contributed by atoms with Crippen molar-refractivity contribution >= 4 is 17.0 Å². The number of hydrogen-bond acceptors (Lipinski definition) is 6. The van der Waals surface area contributed by atoms with Crippen LogP contribution in [0.3, 0.4) is 0 Å². The van der Waals surface area contributed by atoms with E-state index in [-0.39, 0.29) is 34.5 Å². The zero-order valence-corrected chi connectivity index (χ0v) is 18.7. The lowest BCUT2D eigenvalue weighted by Crippen LogP contribution is -2.21. The number of carbonyl (C=O) groups is 1. The van der Waals surface area contributed by atoms with Crippen LogP contribution in [0.25, 0.3) is 33.5 Å². The molecule has 5 aromatic rings. The number of carboxylic acid groups (broad SMARTS) is 1. The van der Waals surface area contributed by atoms with Gasteiger partial charge in [-0.2, -0.15) is 23.4 Å². The van der Waals surface area contributed by atoms with Gasteiger partial charge in [-0.15, -0.1) is 10.2 Å². The lowest BCUT2D eigenvalue weighted by atomic mass is 9.97. The van der Waals surface area contributed by atoms with Crippen molar-refractivity contribution in [1.29, 1.82) is 0 Å². The van der Waals surface area contributed by atoms with Gasteiger partial charge in [-0.05, 0) is 34.5 Å². The van der Waals surface area contributed by atoms with Crippen LogP contribution in [-0.4, -0.2) is 54.0 Å². The number of imidazole rings is 1. The van der Waals surface area contributed by atoms with E-state index in [1.165, 1.54) is 34.9 Å². The molecule has 0 bridgehead atoms. The lowest BCUT2D eigenvalue weighted by molar-refractivity contribution is -0.155. The summed E-state index contributed by atoms with van der Waals surface area (Å²) in [6, 6.07) is 14.9. The van der Waals surface area contributed by atoms with E-state index in [2.05, 4.69) is 25.6 Å². The Balaban J connectivity index is 1.56. The van der Waals surface area contributed by atoms with Gasteiger partial charge in [-0.1, -0.05) is 42.5 Å². The predicted molar refractivity (Wildman–Crippen MR) is 122 cm³/mol. The van der Waals surface area contributed by atoms with Gasteiger partial charge in [0.2, 0.25) is 5.82 Å². The van der Waals surface area contributed by atoms with E-state index in [4.69, 9.17) is 4.74 Å². The first kappa shape index (κ1) is 23.9. The molecule has 0 amide bonds. The molecule has 0 aliphatic heterocycles. The SMILES string of the molecule is O=C(O)c1cccc2nc(OCC(F)(F)F)n(Cc3ccc(-c4ccccc4-c4nn[nH]n4)c(F)c3)c12. The van der Waals surface area contributed by atoms with Gasteiger partial charge < -0.3 is 9.84 Å². The number of fused-ring (bicyclic) bond motifs is 1. The number of hydrogen-bond donors (Lipinski definition) is 2. The summed E-state index contributed by atoms with van der Waals surface area (Å²) in [4.78, 5) is 15.8. The molecule has 0 saturated carbocycles. The molecule has 3 aromatic carbocycles. The number of benzene rings is 3. The predicted octanol–water partition coefficient (Wildman–Crippen LogP) is 4.71. The molecular weight excluding hydrogens is 496 g/mol. The minimum absolute atomic E-state index is 0.0547. The summed E-state index contributed by atoms with van der Waals surface area (Å²) in [6.07, 6.45) is -4.64. The largest absolute Gasteiger partial charge is 0.478 e.